The van der Waals surface area contributed by atoms with Crippen LogP contribution >= 0.6 is 0 Å². The zero-order chi connectivity index (χ0) is 32.7. The van der Waals surface area contributed by atoms with Crippen LogP contribution in [-0.2, 0) is 38.0 Å². The molecule has 0 amide bonds. The highest BCUT2D eigenvalue weighted by molar-refractivity contribution is 5.90. The summed E-state index contributed by atoms with van der Waals surface area (Å²) in [5.74, 6) is -0.787. The zero-order valence-electron chi connectivity index (χ0n) is 25.5. The molecular weight excluding hydrogens is 600 g/mol. The van der Waals surface area contributed by atoms with Crippen LogP contribution in [0.25, 0.3) is 0 Å². The van der Waals surface area contributed by atoms with Crippen LogP contribution in [0, 0.1) is 0 Å². The number of rotatable bonds is 18. The second kappa shape index (κ2) is 17.7. The summed E-state index contributed by atoms with van der Waals surface area (Å²) in [6.07, 6.45) is 2.50. The second-order valence-electron chi connectivity index (χ2n) is 10.4. The molecule has 0 bridgehead atoms. The quantitative estimate of drug-likeness (QED) is 0.101. The number of esters is 4. The minimum absolute atomic E-state index is 0.112. The number of ether oxygens (including phenoxy) is 8. The Balaban J connectivity index is 1.15. The fraction of sp³-hybridized carbons (Fsp3) is 0.412. The molecule has 0 aliphatic carbocycles. The molecule has 2 aliphatic heterocycles. The van der Waals surface area contributed by atoms with Gasteiger partial charge in [0, 0.05) is 12.2 Å². The number of carbonyl (C=O) groups excluding carboxylic acids is 4. The molecule has 0 radical (unpaired) electrons. The van der Waals surface area contributed by atoms with Crippen molar-refractivity contribution in [2.75, 3.05) is 39.6 Å². The summed E-state index contributed by atoms with van der Waals surface area (Å²) in [6, 6.07) is 13.1. The molecule has 2 aromatic carbocycles. The van der Waals surface area contributed by atoms with Crippen molar-refractivity contribution in [3.05, 3.63) is 85.0 Å². The van der Waals surface area contributed by atoms with Gasteiger partial charge >= 0.3 is 23.9 Å². The number of fused-ring (bicyclic) bond motifs is 1. The van der Waals surface area contributed by atoms with E-state index in [1.165, 1.54) is 0 Å². The van der Waals surface area contributed by atoms with Crippen molar-refractivity contribution in [2.45, 2.75) is 50.1 Å². The number of carbonyl (C=O) groups is 4. The molecule has 0 unspecified atom stereocenters. The van der Waals surface area contributed by atoms with Crippen LogP contribution in [0.4, 0.5) is 0 Å². The molecule has 46 heavy (non-hydrogen) atoms. The summed E-state index contributed by atoms with van der Waals surface area (Å²) >= 11 is 0. The van der Waals surface area contributed by atoms with E-state index in [4.69, 9.17) is 37.9 Å². The van der Waals surface area contributed by atoms with Crippen LogP contribution in [0.5, 0.6) is 11.5 Å². The normalized spacial score (nSPS) is 19.7. The highest BCUT2D eigenvalue weighted by Crippen LogP contribution is 2.31. The van der Waals surface area contributed by atoms with Gasteiger partial charge in [0.15, 0.2) is 12.2 Å². The van der Waals surface area contributed by atoms with Gasteiger partial charge in [0.2, 0.25) is 0 Å². The summed E-state index contributed by atoms with van der Waals surface area (Å²) in [4.78, 5) is 47.6. The molecule has 2 saturated heterocycles. The lowest BCUT2D eigenvalue weighted by atomic mass is 10.1. The van der Waals surface area contributed by atoms with Gasteiger partial charge < -0.3 is 37.9 Å². The van der Waals surface area contributed by atoms with Gasteiger partial charge in [0.05, 0.1) is 50.8 Å². The minimum Gasteiger partial charge on any atom is -0.494 e. The lowest BCUT2D eigenvalue weighted by Crippen LogP contribution is -2.36. The van der Waals surface area contributed by atoms with Crippen molar-refractivity contribution in [3.63, 3.8) is 0 Å². The molecule has 4 rings (SSSR count). The highest BCUT2D eigenvalue weighted by Gasteiger charge is 2.51. The fourth-order valence-electron chi connectivity index (χ4n) is 4.67. The van der Waals surface area contributed by atoms with Crippen molar-refractivity contribution >= 4 is 23.9 Å². The monoisotopic (exact) mass is 638 g/mol. The van der Waals surface area contributed by atoms with Crippen LogP contribution in [0.15, 0.2) is 73.8 Å². The Hall–Kier alpha value is -4.68. The predicted molar refractivity (Wildman–Crippen MR) is 163 cm³/mol. The van der Waals surface area contributed by atoms with Gasteiger partial charge in [-0.1, -0.05) is 13.2 Å². The summed E-state index contributed by atoms with van der Waals surface area (Å²) in [5, 5.41) is 0. The SMILES string of the molecule is C=CC(=O)OCCCCOc1ccc(C(=O)O[C@H]2CO[C@H]3[C@@H]2OC[C@H]3OC(=O)c2ccc(OCCCCOC(=O)C=C)cc2)cc1. The number of hydrogen-bond donors (Lipinski definition) is 0. The predicted octanol–water partition coefficient (Wildman–Crippen LogP) is 4.01. The Morgan fingerprint density at radius 1 is 0.609 bits per heavy atom. The lowest BCUT2D eigenvalue weighted by molar-refractivity contribution is -0.138. The molecule has 12 heteroatoms. The first-order valence-electron chi connectivity index (χ1n) is 15.1. The van der Waals surface area contributed by atoms with Crippen LogP contribution in [0.1, 0.15) is 46.4 Å². The van der Waals surface area contributed by atoms with Gasteiger partial charge in [0.25, 0.3) is 0 Å². The molecule has 2 fully saturated rings. The topological polar surface area (TPSA) is 142 Å². The molecule has 12 nitrogen and oxygen atoms in total. The third kappa shape index (κ3) is 10.2. The van der Waals surface area contributed by atoms with E-state index in [2.05, 4.69) is 13.2 Å². The van der Waals surface area contributed by atoms with Gasteiger partial charge in [-0.05, 0) is 74.2 Å². The first-order valence-corrected chi connectivity index (χ1v) is 15.1. The van der Waals surface area contributed by atoms with E-state index in [1.807, 2.05) is 0 Å². The average Bonchev–Trinajstić information content (AvgIpc) is 3.67. The van der Waals surface area contributed by atoms with Crippen LogP contribution in [-0.4, -0.2) is 87.9 Å². The molecule has 0 N–H and O–H groups in total. The number of hydrogen-bond acceptors (Lipinski definition) is 12. The molecule has 0 spiro atoms. The van der Waals surface area contributed by atoms with Gasteiger partial charge in [0.1, 0.15) is 23.7 Å². The van der Waals surface area contributed by atoms with Crippen molar-refractivity contribution in [3.8, 4) is 11.5 Å². The van der Waals surface area contributed by atoms with Gasteiger partial charge in [-0.15, -0.1) is 0 Å². The standard InChI is InChI=1S/C34H38O12/c1-3-29(35)41-19-7-5-17-39-25-13-9-23(10-14-25)33(37)45-27-21-43-32-28(22-44-31(27)32)46-34(38)24-11-15-26(16-12-24)40-18-6-8-20-42-30(36)4-2/h3-4,9-16,27-28,31-32H,1-2,5-8,17-22H2/t27-,28+,31-,32-/m1/s1. The van der Waals surface area contributed by atoms with E-state index in [9.17, 15) is 19.2 Å². The van der Waals surface area contributed by atoms with Crippen molar-refractivity contribution in [2.24, 2.45) is 0 Å². The summed E-state index contributed by atoms with van der Waals surface area (Å²) in [6.45, 7) is 8.36. The van der Waals surface area contributed by atoms with Crippen molar-refractivity contribution < 1.29 is 57.1 Å². The smallest absolute Gasteiger partial charge is 0.338 e. The van der Waals surface area contributed by atoms with Gasteiger partial charge in [-0.25, -0.2) is 19.2 Å². The maximum absolute atomic E-state index is 12.8. The molecule has 246 valence electrons. The van der Waals surface area contributed by atoms with E-state index in [0.717, 1.165) is 12.2 Å². The maximum atomic E-state index is 12.8. The Kier molecular flexibility index (Phi) is 13.2. The number of unbranched alkanes of at least 4 members (excludes halogenated alkanes) is 2. The summed E-state index contributed by atoms with van der Waals surface area (Å²) in [5.41, 5.74) is 0.684. The molecule has 0 saturated carbocycles. The molecule has 2 heterocycles. The van der Waals surface area contributed by atoms with Crippen LogP contribution in [0.2, 0.25) is 0 Å². The van der Waals surface area contributed by atoms with E-state index in [-0.39, 0.29) is 13.2 Å². The zero-order valence-corrected chi connectivity index (χ0v) is 25.5. The van der Waals surface area contributed by atoms with Gasteiger partial charge in [-0.3, -0.25) is 0 Å². The van der Waals surface area contributed by atoms with Crippen molar-refractivity contribution in [1.29, 1.82) is 0 Å². The highest BCUT2D eigenvalue weighted by atomic mass is 16.7. The molecular formula is C34H38O12. The molecule has 2 aliphatic rings. The fourth-order valence-corrected chi connectivity index (χ4v) is 4.67. The second-order valence-corrected chi connectivity index (χ2v) is 10.4. The molecule has 0 aromatic heterocycles. The first kappa shape index (κ1) is 34.2. The lowest BCUT2D eigenvalue weighted by Gasteiger charge is -2.17. The van der Waals surface area contributed by atoms with E-state index >= 15 is 0 Å². The van der Waals surface area contributed by atoms with E-state index in [0.29, 0.717) is 74.7 Å². The third-order valence-corrected chi connectivity index (χ3v) is 7.10. The summed E-state index contributed by atoms with van der Waals surface area (Å²) < 4.78 is 44.1. The van der Waals surface area contributed by atoms with E-state index in [1.54, 1.807) is 48.5 Å². The van der Waals surface area contributed by atoms with Gasteiger partial charge in [-0.2, -0.15) is 0 Å². The average molecular weight is 639 g/mol. The Morgan fingerprint density at radius 3 is 1.35 bits per heavy atom. The minimum atomic E-state index is -0.655. The number of benzene rings is 2. The Morgan fingerprint density at radius 2 is 0.978 bits per heavy atom. The largest absolute Gasteiger partial charge is 0.494 e. The molecule has 2 aromatic rings. The van der Waals surface area contributed by atoms with Crippen LogP contribution < -0.4 is 9.47 Å². The Bertz CT molecular complexity index is 1230. The maximum Gasteiger partial charge on any atom is 0.338 e. The molecule has 4 atom stereocenters. The van der Waals surface area contributed by atoms with E-state index < -0.39 is 48.3 Å². The Labute approximate surface area is 267 Å². The third-order valence-electron chi connectivity index (χ3n) is 7.10. The first-order chi connectivity index (χ1) is 22.4. The van der Waals surface area contributed by atoms with Crippen molar-refractivity contribution in [1.82, 2.24) is 0 Å². The summed E-state index contributed by atoms with van der Waals surface area (Å²) in [7, 11) is 0. The van der Waals surface area contributed by atoms with Crippen LogP contribution in [0.3, 0.4) is 0 Å².